The third-order valence-corrected chi connectivity index (χ3v) is 4.74. The highest BCUT2D eigenvalue weighted by molar-refractivity contribution is 5.94. The summed E-state index contributed by atoms with van der Waals surface area (Å²) in [5.74, 6) is 0.587. The lowest BCUT2D eigenvalue weighted by molar-refractivity contribution is 0.0920. The lowest BCUT2D eigenvalue weighted by Gasteiger charge is -2.28. The van der Waals surface area contributed by atoms with Crippen LogP contribution >= 0.6 is 0 Å². The normalized spacial score (nSPS) is 19.8. The number of nitrogens with zero attached hydrogens (tertiary/aromatic N) is 5. The minimum atomic E-state index is -0.0632. The van der Waals surface area contributed by atoms with Crippen LogP contribution in [-0.2, 0) is 0 Å². The van der Waals surface area contributed by atoms with Gasteiger partial charge in [-0.05, 0) is 43.0 Å². The Balaban J connectivity index is 1.34. The first-order chi connectivity index (χ1) is 12.8. The molecule has 1 fully saturated rings. The summed E-state index contributed by atoms with van der Waals surface area (Å²) >= 11 is 0. The summed E-state index contributed by atoms with van der Waals surface area (Å²) < 4.78 is 0. The first-order valence-corrected chi connectivity index (χ1v) is 8.85. The fourth-order valence-electron chi connectivity index (χ4n) is 3.30. The molecule has 3 aromatic rings. The van der Waals surface area contributed by atoms with Crippen LogP contribution in [0.3, 0.4) is 0 Å². The second-order valence-corrected chi connectivity index (χ2v) is 6.52. The van der Waals surface area contributed by atoms with Crippen LogP contribution in [0.4, 0.5) is 0 Å². The van der Waals surface area contributed by atoms with Crippen molar-refractivity contribution in [2.45, 2.75) is 37.8 Å². The number of tetrazole rings is 1. The average molecular weight is 348 g/mol. The number of carbonyl (C=O) groups excluding carboxylic acids is 1. The average Bonchev–Trinajstić information content (AvgIpc) is 3.20. The molecule has 1 aliphatic carbocycles. The Bertz CT molecular complexity index is 856. The minimum Gasteiger partial charge on any atom is -0.349 e. The third-order valence-electron chi connectivity index (χ3n) is 4.74. The predicted molar refractivity (Wildman–Crippen MR) is 96.2 cm³/mol. The van der Waals surface area contributed by atoms with E-state index < -0.39 is 0 Å². The predicted octanol–water partition coefficient (Wildman–Crippen LogP) is 2.65. The lowest BCUT2D eigenvalue weighted by Crippen LogP contribution is -2.38. The standard InChI is InChI=1S/C19H20N6O/c26-19(15-7-4-12-20-13-15)21-16-8-10-17(11-9-16)25-23-18(22-24-25)14-5-2-1-3-6-14/h1-7,12-13,16-17H,8-11H2,(H,21,26). The molecule has 0 atom stereocenters. The smallest absolute Gasteiger partial charge is 0.253 e. The molecule has 1 N–H and O–H groups in total. The second-order valence-electron chi connectivity index (χ2n) is 6.52. The van der Waals surface area contributed by atoms with Gasteiger partial charge in [-0.15, -0.1) is 10.2 Å². The molecule has 1 aliphatic rings. The number of benzene rings is 1. The third kappa shape index (κ3) is 3.61. The van der Waals surface area contributed by atoms with Crippen molar-refractivity contribution in [2.75, 3.05) is 0 Å². The number of hydrogen-bond donors (Lipinski definition) is 1. The van der Waals surface area contributed by atoms with Crippen molar-refractivity contribution in [3.63, 3.8) is 0 Å². The summed E-state index contributed by atoms with van der Waals surface area (Å²) in [5, 5.41) is 16.0. The molecule has 4 rings (SSSR count). The van der Waals surface area contributed by atoms with Crippen LogP contribution in [0.5, 0.6) is 0 Å². The molecule has 7 nitrogen and oxygen atoms in total. The zero-order valence-corrected chi connectivity index (χ0v) is 14.3. The Labute approximate surface area is 151 Å². The summed E-state index contributed by atoms with van der Waals surface area (Å²) in [6.45, 7) is 0. The van der Waals surface area contributed by atoms with Crippen molar-refractivity contribution >= 4 is 5.91 Å². The van der Waals surface area contributed by atoms with Gasteiger partial charge >= 0.3 is 0 Å². The van der Waals surface area contributed by atoms with Crippen molar-refractivity contribution in [1.82, 2.24) is 30.5 Å². The number of amides is 1. The quantitative estimate of drug-likeness (QED) is 0.783. The number of pyridine rings is 1. The summed E-state index contributed by atoms with van der Waals surface area (Å²) in [6.07, 6.45) is 6.89. The summed E-state index contributed by atoms with van der Waals surface area (Å²) in [6, 6.07) is 13.8. The zero-order valence-electron chi connectivity index (χ0n) is 14.3. The molecule has 0 spiro atoms. The maximum Gasteiger partial charge on any atom is 0.253 e. The van der Waals surface area contributed by atoms with Gasteiger partial charge in [0.25, 0.3) is 5.91 Å². The summed E-state index contributed by atoms with van der Waals surface area (Å²) in [7, 11) is 0. The Morgan fingerprint density at radius 2 is 1.85 bits per heavy atom. The maximum absolute atomic E-state index is 12.2. The van der Waals surface area contributed by atoms with E-state index in [0.29, 0.717) is 11.4 Å². The van der Waals surface area contributed by atoms with Gasteiger partial charge in [-0.1, -0.05) is 30.3 Å². The second kappa shape index (κ2) is 7.43. The topological polar surface area (TPSA) is 85.6 Å². The highest BCUT2D eigenvalue weighted by Gasteiger charge is 2.25. The van der Waals surface area contributed by atoms with Gasteiger partial charge in [0.1, 0.15) is 0 Å². The van der Waals surface area contributed by atoms with Crippen LogP contribution in [-0.4, -0.2) is 37.1 Å². The van der Waals surface area contributed by atoms with E-state index >= 15 is 0 Å². The zero-order chi connectivity index (χ0) is 17.8. The number of hydrogen-bond acceptors (Lipinski definition) is 5. The molecule has 1 aromatic carbocycles. The van der Waals surface area contributed by atoms with Gasteiger partial charge in [-0.2, -0.15) is 4.80 Å². The first kappa shape index (κ1) is 16.4. The van der Waals surface area contributed by atoms with E-state index in [0.717, 1.165) is 31.2 Å². The molecule has 0 aliphatic heterocycles. The largest absolute Gasteiger partial charge is 0.349 e. The molecule has 2 heterocycles. The molecule has 0 saturated heterocycles. The van der Waals surface area contributed by atoms with E-state index in [-0.39, 0.29) is 18.0 Å². The van der Waals surface area contributed by atoms with E-state index in [2.05, 4.69) is 25.7 Å². The van der Waals surface area contributed by atoms with Crippen LogP contribution in [0.2, 0.25) is 0 Å². The first-order valence-electron chi connectivity index (χ1n) is 8.85. The number of nitrogens with one attached hydrogen (secondary N) is 1. The van der Waals surface area contributed by atoms with Gasteiger partial charge < -0.3 is 5.32 Å². The summed E-state index contributed by atoms with van der Waals surface area (Å²) in [4.78, 5) is 17.9. The number of rotatable bonds is 4. The van der Waals surface area contributed by atoms with Crippen molar-refractivity contribution in [1.29, 1.82) is 0 Å². The Hall–Kier alpha value is -3.09. The monoisotopic (exact) mass is 348 g/mol. The van der Waals surface area contributed by atoms with Crippen molar-refractivity contribution < 1.29 is 4.79 Å². The maximum atomic E-state index is 12.2. The molecule has 1 saturated carbocycles. The fraction of sp³-hybridized carbons (Fsp3) is 0.316. The van der Waals surface area contributed by atoms with E-state index in [1.54, 1.807) is 29.3 Å². The van der Waals surface area contributed by atoms with E-state index in [4.69, 9.17) is 0 Å². The van der Waals surface area contributed by atoms with Gasteiger partial charge in [0, 0.05) is 24.0 Å². The molecule has 7 heteroatoms. The molecule has 0 unspecified atom stereocenters. The van der Waals surface area contributed by atoms with Gasteiger partial charge in [-0.25, -0.2) is 0 Å². The Morgan fingerprint density at radius 1 is 1.04 bits per heavy atom. The van der Waals surface area contributed by atoms with Crippen molar-refractivity contribution in [3.05, 3.63) is 60.4 Å². The van der Waals surface area contributed by atoms with Gasteiger partial charge in [-0.3, -0.25) is 9.78 Å². The molecular weight excluding hydrogens is 328 g/mol. The Morgan fingerprint density at radius 3 is 2.58 bits per heavy atom. The number of carbonyl (C=O) groups is 1. The Kier molecular flexibility index (Phi) is 4.68. The molecular formula is C19H20N6O. The van der Waals surface area contributed by atoms with Crippen LogP contribution < -0.4 is 5.32 Å². The lowest BCUT2D eigenvalue weighted by atomic mass is 9.91. The van der Waals surface area contributed by atoms with Crippen LogP contribution in [0.15, 0.2) is 54.9 Å². The van der Waals surface area contributed by atoms with Crippen LogP contribution in [0.1, 0.15) is 42.1 Å². The van der Waals surface area contributed by atoms with Crippen LogP contribution in [0.25, 0.3) is 11.4 Å². The number of aromatic nitrogens is 5. The summed E-state index contributed by atoms with van der Waals surface area (Å²) in [5.41, 5.74) is 1.57. The highest BCUT2D eigenvalue weighted by atomic mass is 16.1. The fourth-order valence-corrected chi connectivity index (χ4v) is 3.30. The van der Waals surface area contributed by atoms with Gasteiger partial charge in [0.05, 0.1) is 11.6 Å². The van der Waals surface area contributed by atoms with Gasteiger partial charge in [0.15, 0.2) is 0 Å². The van der Waals surface area contributed by atoms with Gasteiger partial charge in [0.2, 0.25) is 5.82 Å². The molecule has 1 amide bonds. The SMILES string of the molecule is O=C(NC1CCC(n2nnc(-c3ccccc3)n2)CC1)c1cccnc1. The molecule has 2 aromatic heterocycles. The van der Waals surface area contributed by atoms with Crippen molar-refractivity contribution in [3.8, 4) is 11.4 Å². The molecule has 0 bridgehead atoms. The minimum absolute atomic E-state index is 0.0632. The van der Waals surface area contributed by atoms with E-state index in [1.165, 1.54) is 0 Å². The molecule has 26 heavy (non-hydrogen) atoms. The van der Waals surface area contributed by atoms with E-state index in [9.17, 15) is 4.79 Å². The van der Waals surface area contributed by atoms with E-state index in [1.807, 2.05) is 30.3 Å². The molecule has 132 valence electrons. The molecule has 0 radical (unpaired) electrons. The van der Waals surface area contributed by atoms with Crippen LogP contribution in [0, 0.1) is 0 Å². The highest BCUT2D eigenvalue weighted by Crippen LogP contribution is 2.28. The van der Waals surface area contributed by atoms with Crippen molar-refractivity contribution in [2.24, 2.45) is 0 Å².